The van der Waals surface area contributed by atoms with Gasteiger partial charge in [0.05, 0.1) is 6.04 Å². The molecule has 2 unspecified atom stereocenters. The second-order valence-corrected chi connectivity index (χ2v) is 6.77. The van der Waals surface area contributed by atoms with Crippen LogP contribution in [0, 0.1) is 0 Å². The molecule has 2 aromatic carbocycles. The summed E-state index contributed by atoms with van der Waals surface area (Å²) in [7, 11) is 0. The average molecular weight is 334 g/mol. The summed E-state index contributed by atoms with van der Waals surface area (Å²) >= 11 is 0. The predicted octanol–water partition coefficient (Wildman–Crippen LogP) is 4.23. The van der Waals surface area contributed by atoms with Crippen molar-refractivity contribution in [2.24, 2.45) is 0 Å². The molecule has 4 rings (SSSR count). The number of hydrogen-bond acceptors (Lipinski definition) is 3. The van der Waals surface area contributed by atoms with Gasteiger partial charge in [0.25, 0.3) is 0 Å². The molecule has 1 amide bonds. The third-order valence-corrected chi connectivity index (χ3v) is 5.07. The van der Waals surface area contributed by atoms with Gasteiger partial charge in [0.1, 0.15) is 6.61 Å². The summed E-state index contributed by atoms with van der Waals surface area (Å²) in [5, 5.41) is 0. The number of carbonyl (C=O) groups is 1. The highest BCUT2D eigenvalue weighted by Gasteiger charge is 2.40. The molecule has 0 spiro atoms. The van der Waals surface area contributed by atoms with Crippen LogP contribution in [0.3, 0.4) is 0 Å². The summed E-state index contributed by atoms with van der Waals surface area (Å²) in [4.78, 5) is 14.5. The lowest BCUT2D eigenvalue weighted by molar-refractivity contribution is 0.0832. The summed E-state index contributed by atoms with van der Waals surface area (Å²) < 4.78 is 5.55. The molecule has 2 aliphatic rings. The third-order valence-electron chi connectivity index (χ3n) is 5.07. The Morgan fingerprint density at radius 3 is 2.72 bits per heavy atom. The number of hydrogen-bond donors (Lipinski definition) is 1. The molecular formula is C21H22N2O2. The number of anilines is 1. The average Bonchev–Trinajstić information content (AvgIpc) is 2.90. The van der Waals surface area contributed by atoms with Crippen LogP contribution < -0.4 is 5.73 Å². The van der Waals surface area contributed by atoms with E-state index >= 15 is 0 Å². The van der Waals surface area contributed by atoms with E-state index in [0.717, 1.165) is 36.1 Å². The Hall–Kier alpha value is -2.75. The van der Waals surface area contributed by atoms with E-state index in [1.165, 1.54) is 5.57 Å². The topological polar surface area (TPSA) is 55.6 Å². The van der Waals surface area contributed by atoms with Crippen molar-refractivity contribution in [1.29, 1.82) is 0 Å². The molecule has 0 aliphatic carbocycles. The van der Waals surface area contributed by atoms with Gasteiger partial charge in [-0.25, -0.2) is 4.79 Å². The number of carbonyl (C=O) groups excluding carboxylic acids is 1. The molecule has 2 heterocycles. The number of nitrogen functional groups attached to an aromatic ring is 1. The minimum atomic E-state index is -0.209. The second kappa shape index (κ2) is 6.63. The van der Waals surface area contributed by atoms with Crippen LogP contribution in [0.15, 0.2) is 60.7 Å². The molecular weight excluding hydrogens is 312 g/mol. The summed E-state index contributed by atoms with van der Waals surface area (Å²) in [6, 6.07) is 18.1. The van der Waals surface area contributed by atoms with Crippen LogP contribution in [0.4, 0.5) is 10.5 Å². The Bertz CT molecular complexity index is 801. The second-order valence-electron chi connectivity index (χ2n) is 6.77. The van der Waals surface area contributed by atoms with Crippen molar-refractivity contribution in [3.8, 4) is 0 Å². The SMILES string of the molecule is Nc1cccc(C2=CC3CCC(C2)N3C(=O)OCc2ccccc2)c1. The summed E-state index contributed by atoms with van der Waals surface area (Å²) in [6.45, 7) is 0.321. The molecule has 4 nitrogen and oxygen atoms in total. The highest BCUT2D eigenvalue weighted by Crippen LogP contribution is 2.39. The van der Waals surface area contributed by atoms with Crippen LogP contribution >= 0.6 is 0 Å². The van der Waals surface area contributed by atoms with E-state index in [1.807, 2.05) is 53.4 Å². The first-order valence-corrected chi connectivity index (χ1v) is 8.76. The number of fused-ring (bicyclic) bond motifs is 2. The lowest BCUT2D eigenvalue weighted by Crippen LogP contribution is -2.43. The molecule has 0 saturated carbocycles. The number of ether oxygens (including phenoxy) is 1. The van der Waals surface area contributed by atoms with Crippen LogP contribution in [0.25, 0.3) is 5.57 Å². The smallest absolute Gasteiger partial charge is 0.410 e. The fourth-order valence-corrected chi connectivity index (χ4v) is 3.86. The van der Waals surface area contributed by atoms with Crippen LogP contribution in [-0.2, 0) is 11.3 Å². The van der Waals surface area contributed by atoms with E-state index in [0.29, 0.717) is 6.61 Å². The van der Waals surface area contributed by atoms with E-state index in [4.69, 9.17) is 10.5 Å². The molecule has 2 atom stereocenters. The highest BCUT2D eigenvalue weighted by atomic mass is 16.6. The molecule has 25 heavy (non-hydrogen) atoms. The normalized spacial score (nSPS) is 21.8. The quantitative estimate of drug-likeness (QED) is 0.855. The number of rotatable bonds is 3. The maximum atomic E-state index is 12.6. The van der Waals surface area contributed by atoms with Crippen molar-refractivity contribution in [2.75, 3.05) is 5.73 Å². The zero-order valence-corrected chi connectivity index (χ0v) is 14.1. The standard InChI is InChI=1S/C21H22N2O2/c22-18-8-4-7-16(11-18)17-12-19-9-10-20(13-17)23(19)21(24)25-14-15-5-2-1-3-6-15/h1-8,11-12,19-20H,9-10,13-14,22H2. The predicted molar refractivity (Wildman–Crippen MR) is 98.7 cm³/mol. The Kier molecular flexibility index (Phi) is 4.18. The molecule has 2 bridgehead atoms. The molecule has 1 saturated heterocycles. The van der Waals surface area contributed by atoms with Gasteiger partial charge in [-0.05, 0) is 48.1 Å². The lowest BCUT2D eigenvalue weighted by atomic mass is 9.95. The Morgan fingerprint density at radius 1 is 1.12 bits per heavy atom. The molecule has 0 aromatic heterocycles. The van der Waals surface area contributed by atoms with Crippen molar-refractivity contribution in [3.63, 3.8) is 0 Å². The molecule has 1 fully saturated rings. The lowest BCUT2D eigenvalue weighted by Gasteiger charge is -2.33. The van der Waals surface area contributed by atoms with E-state index in [9.17, 15) is 4.79 Å². The fourth-order valence-electron chi connectivity index (χ4n) is 3.86. The van der Waals surface area contributed by atoms with Gasteiger partial charge < -0.3 is 10.5 Å². The largest absolute Gasteiger partial charge is 0.445 e. The van der Waals surface area contributed by atoms with E-state index < -0.39 is 0 Å². The summed E-state index contributed by atoms with van der Waals surface area (Å²) in [6.07, 6.45) is 4.88. The van der Waals surface area contributed by atoms with Crippen LogP contribution in [0.5, 0.6) is 0 Å². The van der Waals surface area contributed by atoms with Crippen molar-refractivity contribution in [3.05, 3.63) is 71.8 Å². The van der Waals surface area contributed by atoms with Gasteiger partial charge >= 0.3 is 6.09 Å². The van der Waals surface area contributed by atoms with Crippen molar-refractivity contribution >= 4 is 17.4 Å². The van der Waals surface area contributed by atoms with Crippen LogP contribution in [0.2, 0.25) is 0 Å². The van der Waals surface area contributed by atoms with E-state index in [-0.39, 0.29) is 18.2 Å². The molecule has 2 aromatic rings. The molecule has 2 N–H and O–H groups in total. The minimum Gasteiger partial charge on any atom is -0.445 e. The molecule has 4 heteroatoms. The van der Waals surface area contributed by atoms with Crippen molar-refractivity contribution in [2.45, 2.75) is 38.0 Å². The van der Waals surface area contributed by atoms with Crippen molar-refractivity contribution < 1.29 is 9.53 Å². The number of nitrogens with zero attached hydrogens (tertiary/aromatic N) is 1. The highest BCUT2D eigenvalue weighted by molar-refractivity contribution is 5.75. The van der Waals surface area contributed by atoms with Gasteiger partial charge in [0.15, 0.2) is 0 Å². The van der Waals surface area contributed by atoms with Crippen LogP contribution in [0.1, 0.15) is 30.4 Å². The van der Waals surface area contributed by atoms with E-state index in [2.05, 4.69) is 12.1 Å². The van der Waals surface area contributed by atoms with Gasteiger partial charge in [-0.1, -0.05) is 48.5 Å². The number of benzene rings is 2. The monoisotopic (exact) mass is 334 g/mol. The maximum Gasteiger partial charge on any atom is 0.410 e. The third kappa shape index (κ3) is 3.25. The van der Waals surface area contributed by atoms with Gasteiger partial charge in [0.2, 0.25) is 0 Å². The Balaban J connectivity index is 1.47. The van der Waals surface area contributed by atoms with Crippen LogP contribution in [-0.4, -0.2) is 23.1 Å². The molecule has 2 aliphatic heterocycles. The summed E-state index contributed by atoms with van der Waals surface area (Å²) in [5.41, 5.74) is 10.1. The van der Waals surface area contributed by atoms with Crippen molar-refractivity contribution in [1.82, 2.24) is 4.90 Å². The fraction of sp³-hybridized carbons (Fsp3) is 0.286. The minimum absolute atomic E-state index is 0.124. The Labute approximate surface area is 147 Å². The van der Waals surface area contributed by atoms with Gasteiger partial charge in [0, 0.05) is 11.7 Å². The number of amides is 1. The van der Waals surface area contributed by atoms with Gasteiger partial charge in [-0.15, -0.1) is 0 Å². The molecule has 128 valence electrons. The zero-order valence-electron chi connectivity index (χ0n) is 14.1. The maximum absolute atomic E-state index is 12.6. The van der Waals surface area contributed by atoms with Gasteiger partial charge in [-0.3, -0.25) is 4.90 Å². The first-order valence-electron chi connectivity index (χ1n) is 8.76. The zero-order chi connectivity index (χ0) is 17.2. The first kappa shape index (κ1) is 15.8. The molecule has 0 radical (unpaired) electrons. The number of nitrogens with two attached hydrogens (primary N) is 1. The van der Waals surface area contributed by atoms with E-state index in [1.54, 1.807) is 0 Å². The summed E-state index contributed by atoms with van der Waals surface area (Å²) in [5.74, 6) is 0. The van der Waals surface area contributed by atoms with Gasteiger partial charge in [-0.2, -0.15) is 0 Å². The first-order chi connectivity index (χ1) is 12.2. The Morgan fingerprint density at radius 2 is 1.96 bits per heavy atom.